The van der Waals surface area contributed by atoms with Gasteiger partial charge in [-0.15, -0.1) is 0 Å². The number of nitrogens with zero attached hydrogens (tertiary/aromatic N) is 3. The fourth-order valence-corrected chi connectivity index (χ4v) is 5.26. The van der Waals surface area contributed by atoms with Crippen LogP contribution in [0.5, 0.6) is 5.19 Å². The lowest BCUT2D eigenvalue weighted by atomic mass is 9.84. The van der Waals surface area contributed by atoms with Crippen LogP contribution in [0, 0.1) is 5.92 Å². The lowest BCUT2D eigenvalue weighted by Crippen LogP contribution is -2.41. The van der Waals surface area contributed by atoms with Crippen molar-refractivity contribution >= 4 is 23.0 Å². The molecule has 0 unspecified atom stereocenters. The van der Waals surface area contributed by atoms with Gasteiger partial charge in [-0.1, -0.05) is 11.3 Å². The van der Waals surface area contributed by atoms with E-state index in [2.05, 4.69) is 20.2 Å². The van der Waals surface area contributed by atoms with E-state index >= 15 is 0 Å². The van der Waals surface area contributed by atoms with Crippen LogP contribution in [0.1, 0.15) is 56.5 Å². The zero-order valence-electron chi connectivity index (χ0n) is 19.5. The summed E-state index contributed by atoms with van der Waals surface area (Å²) in [5.74, 6) is -2.36. The fraction of sp³-hybridized carbons (Fsp3) is 0.696. The van der Waals surface area contributed by atoms with E-state index in [-0.39, 0.29) is 11.9 Å². The number of nitrogens with one attached hydrogen (secondary N) is 1. The molecule has 1 fully saturated rings. The summed E-state index contributed by atoms with van der Waals surface area (Å²) in [6.45, 7) is 5.35. The molecule has 0 bridgehead atoms. The summed E-state index contributed by atoms with van der Waals surface area (Å²) in [6, 6.07) is 0.184. The Balaban J connectivity index is 1.39. The van der Waals surface area contributed by atoms with Crippen molar-refractivity contribution in [2.75, 3.05) is 26.2 Å². The number of amides is 1. The highest BCUT2D eigenvalue weighted by atomic mass is 32.1. The van der Waals surface area contributed by atoms with Gasteiger partial charge in [0.05, 0.1) is 5.69 Å². The van der Waals surface area contributed by atoms with Gasteiger partial charge in [0.25, 0.3) is 17.0 Å². The van der Waals surface area contributed by atoms with Crippen LogP contribution in [0.25, 0.3) is 0 Å². The van der Waals surface area contributed by atoms with Gasteiger partial charge in [-0.2, -0.15) is 0 Å². The van der Waals surface area contributed by atoms with E-state index in [0.717, 1.165) is 75.7 Å². The second kappa shape index (κ2) is 11.9. The molecular weight excluding hydrogens is 448 g/mol. The minimum absolute atomic E-state index is 0.152. The summed E-state index contributed by atoms with van der Waals surface area (Å²) < 4.78 is 31.2. The zero-order valence-corrected chi connectivity index (χ0v) is 20.3. The van der Waals surface area contributed by atoms with Gasteiger partial charge in [-0.25, -0.2) is 13.8 Å². The van der Waals surface area contributed by atoms with Crippen molar-refractivity contribution in [3.63, 3.8) is 0 Å². The summed E-state index contributed by atoms with van der Waals surface area (Å²) >= 11 is 1.39. The van der Waals surface area contributed by atoms with Crippen LogP contribution < -0.4 is 15.8 Å². The molecule has 7 nitrogen and oxygen atoms in total. The van der Waals surface area contributed by atoms with Crippen LogP contribution in [0.15, 0.2) is 17.3 Å². The van der Waals surface area contributed by atoms with Gasteiger partial charge >= 0.3 is 0 Å². The van der Waals surface area contributed by atoms with Gasteiger partial charge in [0, 0.05) is 37.5 Å². The second-order valence-electron chi connectivity index (χ2n) is 8.93. The van der Waals surface area contributed by atoms with E-state index < -0.39 is 12.5 Å². The zero-order chi connectivity index (χ0) is 23.8. The first-order chi connectivity index (χ1) is 15.8. The molecule has 1 amide bonds. The van der Waals surface area contributed by atoms with E-state index in [1.807, 2.05) is 6.92 Å². The maximum absolute atomic E-state index is 13.0. The van der Waals surface area contributed by atoms with E-state index in [1.54, 1.807) is 6.08 Å². The number of hydrogen-bond donors (Lipinski definition) is 2. The van der Waals surface area contributed by atoms with E-state index in [1.165, 1.54) is 17.5 Å². The topological polar surface area (TPSA) is 92.8 Å². The van der Waals surface area contributed by atoms with Crippen molar-refractivity contribution in [3.05, 3.63) is 22.8 Å². The lowest BCUT2D eigenvalue weighted by Gasteiger charge is -2.32. The van der Waals surface area contributed by atoms with Gasteiger partial charge in [0.2, 0.25) is 0 Å². The molecule has 1 aliphatic carbocycles. The maximum Gasteiger partial charge on any atom is 0.278 e. The Hall–Kier alpha value is -2.07. The van der Waals surface area contributed by atoms with Crippen molar-refractivity contribution in [3.8, 4) is 5.19 Å². The minimum atomic E-state index is -2.85. The SMILES string of the molecule is CCN=C(C=CN)C(=O)NC1CCC(CCN2CCc3sc(OCC(C)(F)F)nc3C2)CC1. The molecule has 1 aromatic heterocycles. The Kier molecular flexibility index (Phi) is 9.19. The van der Waals surface area contributed by atoms with Crippen molar-refractivity contribution in [1.82, 2.24) is 15.2 Å². The number of hydrogen-bond acceptors (Lipinski definition) is 7. The number of aliphatic imine (C=N–C) groups is 1. The normalized spacial score (nSPS) is 22.4. The summed E-state index contributed by atoms with van der Waals surface area (Å²) in [6.07, 6.45) is 9.03. The maximum atomic E-state index is 13.0. The third-order valence-electron chi connectivity index (χ3n) is 6.09. The molecule has 0 saturated heterocycles. The first-order valence-electron chi connectivity index (χ1n) is 11.7. The Bertz CT molecular complexity index is 844. The average molecular weight is 484 g/mol. The van der Waals surface area contributed by atoms with Gasteiger partial charge < -0.3 is 15.8 Å². The molecule has 2 aliphatic rings. The third-order valence-corrected chi connectivity index (χ3v) is 7.16. The van der Waals surface area contributed by atoms with Crippen molar-refractivity contribution in [2.24, 2.45) is 16.6 Å². The van der Waals surface area contributed by atoms with Gasteiger partial charge in [0.1, 0.15) is 5.71 Å². The van der Waals surface area contributed by atoms with E-state index in [0.29, 0.717) is 23.4 Å². The number of alkyl halides is 2. The Labute approximate surface area is 198 Å². The second-order valence-corrected chi connectivity index (χ2v) is 9.98. The smallest absolute Gasteiger partial charge is 0.278 e. The molecule has 10 heteroatoms. The van der Waals surface area contributed by atoms with Crippen LogP contribution in [0.4, 0.5) is 8.78 Å². The number of fused-ring (bicyclic) bond motifs is 1. The lowest BCUT2D eigenvalue weighted by molar-refractivity contribution is -0.115. The Morgan fingerprint density at radius 3 is 2.82 bits per heavy atom. The van der Waals surface area contributed by atoms with E-state index in [4.69, 9.17) is 10.5 Å². The molecule has 0 radical (unpaired) electrons. The molecule has 1 aliphatic heterocycles. The van der Waals surface area contributed by atoms with Crippen LogP contribution in [-0.2, 0) is 17.8 Å². The third kappa shape index (κ3) is 8.03. The Morgan fingerprint density at radius 2 is 2.15 bits per heavy atom. The first-order valence-corrected chi connectivity index (χ1v) is 12.5. The van der Waals surface area contributed by atoms with E-state index in [9.17, 15) is 13.6 Å². The number of ether oxygens (including phenoxy) is 1. The predicted octanol–water partition coefficient (Wildman–Crippen LogP) is 3.53. The predicted molar refractivity (Wildman–Crippen MR) is 127 cm³/mol. The summed E-state index contributed by atoms with van der Waals surface area (Å²) in [5, 5.41) is 3.44. The highest BCUT2D eigenvalue weighted by Gasteiger charge is 2.27. The number of thiazole rings is 1. The molecule has 0 aromatic carbocycles. The van der Waals surface area contributed by atoms with Crippen LogP contribution >= 0.6 is 11.3 Å². The summed E-state index contributed by atoms with van der Waals surface area (Å²) in [5.41, 5.74) is 6.76. The molecule has 1 aromatic rings. The quantitative estimate of drug-likeness (QED) is 0.497. The molecular formula is C23H35F2N5O2S. The molecule has 2 heterocycles. The van der Waals surface area contributed by atoms with Gasteiger partial charge in [0.15, 0.2) is 6.61 Å². The molecule has 3 rings (SSSR count). The van der Waals surface area contributed by atoms with Crippen LogP contribution in [0.3, 0.4) is 0 Å². The highest BCUT2D eigenvalue weighted by molar-refractivity contribution is 7.13. The summed E-state index contributed by atoms with van der Waals surface area (Å²) in [4.78, 5) is 24.6. The highest BCUT2D eigenvalue weighted by Crippen LogP contribution is 2.32. The monoisotopic (exact) mass is 483 g/mol. The standard InChI is InChI=1S/C23H35F2N5O2S/c1-3-27-18(8-11-26)21(31)28-17-6-4-16(5-7-17)9-12-30-13-10-20-19(14-30)29-22(33-20)32-15-23(2,24)25/h8,11,16-17H,3-7,9-10,12-15,26H2,1-2H3,(H,28,31). The molecule has 184 valence electrons. The van der Waals surface area contributed by atoms with Crippen LogP contribution in [0.2, 0.25) is 0 Å². The summed E-state index contributed by atoms with van der Waals surface area (Å²) in [7, 11) is 0. The minimum Gasteiger partial charge on any atom is -0.464 e. The number of carbonyl (C=O) groups is 1. The van der Waals surface area contributed by atoms with Crippen molar-refractivity contribution in [1.29, 1.82) is 0 Å². The largest absolute Gasteiger partial charge is 0.464 e. The molecule has 33 heavy (non-hydrogen) atoms. The number of rotatable bonds is 10. The van der Waals surface area contributed by atoms with Gasteiger partial charge in [-0.3, -0.25) is 14.7 Å². The molecule has 1 saturated carbocycles. The number of carbonyl (C=O) groups excluding carboxylic acids is 1. The first kappa shape index (κ1) is 25.6. The number of nitrogens with two attached hydrogens (primary N) is 1. The molecule has 0 atom stereocenters. The van der Waals surface area contributed by atoms with Crippen molar-refractivity contribution in [2.45, 2.75) is 70.9 Å². The van der Waals surface area contributed by atoms with Gasteiger partial charge in [-0.05, 0) is 70.2 Å². The fourth-order valence-electron chi connectivity index (χ4n) is 4.35. The van der Waals surface area contributed by atoms with Crippen molar-refractivity contribution < 1.29 is 18.3 Å². The van der Waals surface area contributed by atoms with Crippen LogP contribution in [-0.4, -0.2) is 59.7 Å². The molecule has 0 spiro atoms. The Morgan fingerprint density at radius 1 is 1.39 bits per heavy atom. The number of halogens is 2. The average Bonchev–Trinajstić information content (AvgIpc) is 3.19. The number of aromatic nitrogens is 1. The molecule has 3 N–H and O–H groups in total.